The molecule has 0 aliphatic heterocycles. The van der Waals surface area contributed by atoms with Crippen LogP contribution in [-0.2, 0) is 6.42 Å². The molecule has 0 amide bonds. The summed E-state index contributed by atoms with van der Waals surface area (Å²) in [5.74, 6) is 0.983. The molecule has 0 fully saturated rings. The van der Waals surface area contributed by atoms with E-state index in [0.29, 0.717) is 0 Å². The number of ether oxygens (including phenoxy) is 1. The van der Waals surface area contributed by atoms with E-state index in [4.69, 9.17) is 4.74 Å². The Morgan fingerprint density at radius 1 is 1.25 bits per heavy atom. The first kappa shape index (κ1) is 13.0. The van der Waals surface area contributed by atoms with E-state index in [1.54, 1.807) is 0 Å². The summed E-state index contributed by atoms with van der Waals surface area (Å²) in [6.07, 6.45) is 2.36. The summed E-state index contributed by atoms with van der Waals surface area (Å²) >= 11 is 0. The van der Waals surface area contributed by atoms with Gasteiger partial charge in [0.25, 0.3) is 0 Å². The summed E-state index contributed by atoms with van der Waals surface area (Å²) in [6, 6.07) is 6.39. The Morgan fingerprint density at radius 3 is 2.56 bits per heavy atom. The maximum Gasteiger partial charge on any atom is 0.119 e. The molecule has 0 saturated heterocycles. The van der Waals surface area contributed by atoms with E-state index in [2.05, 4.69) is 44.1 Å². The molecular weight excluding hydrogens is 198 g/mol. The van der Waals surface area contributed by atoms with Crippen LogP contribution in [0.2, 0.25) is 0 Å². The van der Waals surface area contributed by atoms with Gasteiger partial charge in [-0.2, -0.15) is 0 Å². The van der Waals surface area contributed by atoms with E-state index in [1.165, 1.54) is 17.5 Å². The fourth-order valence-corrected chi connectivity index (χ4v) is 1.79. The van der Waals surface area contributed by atoms with Gasteiger partial charge in [-0.05, 0) is 70.6 Å². The molecule has 0 spiro atoms. The van der Waals surface area contributed by atoms with Crippen LogP contribution < -0.4 is 4.74 Å². The third-order valence-electron chi connectivity index (χ3n) is 2.68. The van der Waals surface area contributed by atoms with Crippen molar-refractivity contribution in [3.8, 4) is 5.75 Å². The van der Waals surface area contributed by atoms with E-state index in [-0.39, 0.29) is 0 Å². The van der Waals surface area contributed by atoms with Crippen molar-refractivity contribution in [2.45, 2.75) is 26.7 Å². The number of benzene rings is 1. The summed E-state index contributed by atoms with van der Waals surface area (Å²) in [5.41, 5.74) is 2.77. The number of hydrogen-bond acceptors (Lipinski definition) is 2. The molecule has 0 atom stereocenters. The lowest BCUT2D eigenvalue weighted by Gasteiger charge is -2.11. The van der Waals surface area contributed by atoms with Gasteiger partial charge in [0.1, 0.15) is 5.75 Å². The molecule has 2 nitrogen and oxygen atoms in total. The molecule has 16 heavy (non-hydrogen) atoms. The maximum atomic E-state index is 5.48. The van der Waals surface area contributed by atoms with Gasteiger partial charge in [-0.3, -0.25) is 0 Å². The molecule has 0 aliphatic rings. The molecule has 0 aromatic heterocycles. The molecule has 0 heterocycles. The third kappa shape index (κ3) is 4.23. The average molecular weight is 221 g/mol. The Morgan fingerprint density at radius 2 is 2.00 bits per heavy atom. The molecule has 0 radical (unpaired) electrons. The number of hydrogen-bond donors (Lipinski definition) is 0. The molecule has 0 N–H and O–H groups in total. The predicted molar refractivity (Wildman–Crippen MR) is 69.2 cm³/mol. The standard InChI is InChI=1S/C14H23NO/c1-5-16-14-9-8-13(12(2)11-14)7-6-10-15(3)4/h8-9,11H,5-7,10H2,1-4H3. The fourth-order valence-electron chi connectivity index (χ4n) is 1.79. The molecule has 1 aromatic rings. The quantitative estimate of drug-likeness (QED) is 0.732. The molecule has 1 rings (SSSR count). The van der Waals surface area contributed by atoms with E-state index in [0.717, 1.165) is 25.3 Å². The Hall–Kier alpha value is -1.02. The van der Waals surface area contributed by atoms with Gasteiger partial charge in [-0.1, -0.05) is 6.07 Å². The maximum absolute atomic E-state index is 5.48. The van der Waals surface area contributed by atoms with Crippen molar-refractivity contribution in [3.63, 3.8) is 0 Å². The third-order valence-corrected chi connectivity index (χ3v) is 2.68. The Kier molecular flexibility index (Phi) is 5.33. The van der Waals surface area contributed by atoms with Gasteiger partial charge in [0.15, 0.2) is 0 Å². The van der Waals surface area contributed by atoms with Crippen molar-refractivity contribution in [2.75, 3.05) is 27.2 Å². The van der Waals surface area contributed by atoms with Crippen LogP contribution in [0.3, 0.4) is 0 Å². The Labute approximate surface area is 99.2 Å². The fraction of sp³-hybridized carbons (Fsp3) is 0.571. The average Bonchev–Trinajstić information content (AvgIpc) is 2.21. The van der Waals surface area contributed by atoms with Gasteiger partial charge in [0.2, 0.25) is 0 Å². The Balaban J connectivity index is 2.54. The monoisotopic (exact) mass is 221 g/mol. The van der Waals surface area contributed by atoms with Gasteiger partial charge in [-0.25, -0.2) is 0 Å². The first-order valence-corrected chi connectivity index (χ1v) is 6.00. The molecule has 1 aromatic carbocycles. The molecule has 0 saturated carbocycles. The van der Waals surface area contributed by atoms with Crippen LogP contribution in [0.15, 0.2) is 18.2 Å². The topological polar surface area (TPSA) is 12.5 Å². The first-order valence-electron chi connectivity index (χ1n) is 6.00. The summed E-state index contributed by atoms with van der Waals surface area (Å²) in [5, 5.41) is 0. The second-order valence-electron chi connectivity index (χ2n) is 4.43. The zero-order valence-corrected chi connectivity index (χ0v) is 10.9. The lowest BCUT2D eigenvalue weighted by Crippen LogP contribution is -2.13. The highest BCUT2D eigenvalue weighted by Gasteiger charge is 2.01. The normalized spacial score (nSPS) is 10.8. The summed E-state index contributed by atoms with van der Waals surface area (Å²) in [4.78, 5) is 2.23. The highest BCUT2D eigenvalue weighted by Crippen LogP contribution is 2.18. The summed E-state index contributed by atoms with van der Waals surface area (Å²) in [7, 11) is 4.23. The lowest BCUT2D eigenvalue weighted by atomic mass is 10.0. The second kappa shape index (κ2) is 6.54. The van der Waals surface area contributed by atoms with E-state index < -0.39 is 0 Å². The van der Waals surface area contributed by atoms with Gasteiger partial charge in [0, 0.05) is 0 Å². The molecule has 2 heteroatoms. The molecular formula is C14H23NO. The van der Waals surface area contributed by atoms with Gasteiger partial charge in [-0.15, -0.1) is 0 Å². The van der Waals surface area contributed by atoms with E-state index >= 15 is 0 Å². The van der Waals surface area contributed by atoms with Crippen molar-refractivity contribution in [1.82, 2.24) is 4.90 Å². The second-order valence-corrected chi connectivity index (χ2v) is 4.43. The van der Waals surface area contributed by atoms with Crippen LogP contribution in [0.4, 0.5) is 0 Å². The van der Waals surface area contributed by atoms with Crippen LogP contribution in [0.25, 0.3) is 0 Å². The SMILES string of the molecule is CCOc1ccc(CCCN(C)C)c(C)c1. The predicted octanol–water partition coefficient (Wildman–Crippen LogP) is 2.89. The lowest BCUT2D eigenvalue weighted by molar-refractivity contribution is 0.340. The van der Waals surface area contributed by atoms with Gasteiger partial charge in [0.05, 0.1) is 6.61 Å². The van der Waals surface area contributed by atoms with Crippen LogP contribution in [0, 0.1) is 6.92 Å². The zero-order chi connectivity index (χ0) is 12.0. The number of nitrogens with zero attached hydrogens (tertiary/aromatic N) is 1. The van der Waals surface area contributed by atoms with Crippen LogP contribution in [0.5, 0.6) is 5.75 Å². The minimum absolute atomic E-state index is 0.736. The smallest absolute Gasteiger partial charge is 0.119 e. The summed E-state index contributed by atoms with van der Waals surface area (Å²) < 4.78 is 5.48. The van der Waals surface area contributed by atoms with Crippen molar-refractivity contribution in [2.24, 2.45) is 0 Å². The molecule has 90 valence electrons. The van der Waals surface area contributed by atoms with Crippen LogP contribution >= 0.6 is 0 Å². The van der Waals surface area contributed by atoms with Crippen molar-refractivity contribution < 1.29 is 4.74 Å². The van der Waals surface area contributed by atoms with E-state index in [9.17, 15) is 0 Å². The summed E-state index contributed by atoms with van der Waals surface area (Å²) in [6.45, 7) is 6.06. The van der Waals surface area contributed by atoms with Crippen molar-refractivity contribution in [1.29, 1.82) is 0 Å². The largest absolute Gasteiger partial charge is 0.494 e. The number of aryl methyl sites for hydroxylation is 2. The molecule has 0 unspecified atom stereocenters. The van der Waals surface area contributed by atoms with Crippen LogP contribution in [0.1, 0.15) is 24.5 Å². The van der Waals surface area contributed by atoms with Crippen LogP contribution in [-0.4, -0.2) is 32.1 Å². The van der Waals surface area contributed by atoms with Crippen molar-refractivity contribution in [3.05, 3.63) is 29.3 Å². The number of rotatable bonds is 6. The van der Waals surface area contributed by atoms with Crippen molar-refractivity contribution >= 4 is 0 Å². The highest BCUT2D eigenvalue weighted by atomic mass is 16.5. The highest BCUT2D eigenvalue weighted by molar-refractivity contribution is 5.34. The molecule has 0 bridgehead atoms. The zero-order valence-electron chi connectivity index (χ0n) is 10.9. The minimum Gasteiger partial charge on any atom is -0.494 e. The van der Waals surface area contributed by atoms with Gasteiger partial charge < -0.3 is 9.64 Å². The van der Waals surface area contributed by atoms with E-state index in [1.807, 2.05) is 6.92 Å². The minimum atomic E-state index is 0.736. The first-order chi connectivity index (χ1) is 7.63. The van der Waals surface area contributed by atoms with Gasteiger partial charge >= 0.3 is 0 Å². The molecule has 0 aliphatic carbocycles. The Bertz CT molecular complexity index is 321.